The number of hydrogen-bond donors (Lipinski definition) is 2. The van der Waals surface area contributed by atoms with Crippen molar-refractivity contribution < 1.29 is 19.8 Å². The maximum atomic E-state index is 11.4. The molecule has 0 fully saturated rings. The first-order valence-corrected chi connectivity index (χ1v) is 6.70. The summed E-state index contributed by atoms with van der Waals surface area (Å²) >= 11 is 0. The average molecular weight is 295 g/mol. The summed E-state index contributed by atoms with van der Waals surface area (Å²) < 4.78 is 1.68. The van der Waals surface area contributed by atoms with Crippen molar-refractivity contribution >= 4 is 22.8 Å². The Hall–Kier alpha value is -3.08. The topological polar surface area (TPSA) is 79.5 Å². The highest BCUT2D eigenvalue weighted by molar-refractivity contribution is 5.94. The van der Waals surface area contributed by atoms with Gasteiger partial charge < -0.3 is 14.8 Å². The number of benzene rings is 2. The van der Waals surface area contributed by atoms with Crippen molar-refractivity contribution in [3.63, 3.8) is 0 Å². The van der Waals surface area contributed by atoms with Gasteiger partial charge in [-0.2, -0.15) is 0 Å². The molecule has 0 saturated carbocycles. The molecule has 1 aromatic heterocycles. The standard InChI is InChI=1S/C17H13NO4/c19-16(20)13-6-3-4-11(8-13)10-18-14-7-2-1-5-12(14)9-15(18)17(21)22/h1-9H,10H2,(H,19,20)(H,21,22). The number of hydrogen-bond acceptors (Lipinski definition) is 2. The molecule has 0 saturated heterocycles. The number of carboxylic acid groups (broad SMARTS) is 2. The van der Waals surface area contributed by atoms with Crippen LogP contribution in [0, 0.1) is 0 Å². The van der Waals surface area contributed by atoms with Crippen LogP contribution in [-0.4, -0.2) is 26.7 Å². The SMILES string of the molecule is O=C(O)c1cccc(Cn2c(C(=O)O)cc3ccccc32)c1. The van der Waals surface area contributed by atoms with E-state index in [2.05, 4.69) is 0 Å². The number of carboxylic acids is 2. The fraction of sp³-hybridized carbons (Fsp3) is 0.0588. The van der Waals surface area contributed by atoms with Crippen molar-refractivity contribution in [1.82, 2.24) is 4.57 Å². The molecule has 0 aliphatic heterocycles. The van der Waals surface area contributed by atoms with Gasteiger partial charge in [-0.25, -0.2) is 9.59 Å². The van der Waals surface area contributed by atoms with E-state index in [1.165, 1.54) is 6.07 Å². The van der Waals surface area contributed by atoms with E-state index in [0.29, 0.717) is 6.54 Å². The van der Waals surface area contributed by atoms with E-state index in [9.17, 15) is 14.7 Å². The number of carbonyl (C=O) groups is 2. The molecule has 2 aromatic carbocycles. The smallest absolute Gasteiger partial charge is 0.352 e. The zero-order chi connectivity index (χ0) is 15.7. The lowest BCUT2D eigenvalue weighted by atomic mass is 10.1. The predicted octanol–water partition coefficient (Wildman–Crippen LogP) is 3.09. The highest BCUT2D eigenvalue weighted by Crippen LogP contribution is 2.21. The van der Waals surface area contributed by atoms with Gasteiger partial charge in [0.1, 0.15) is 5.69 Å². The summed E-state index contributed by atoms with van der Waals surface area (Å²) in [6.45, 7) is 0.302. The number of fused-ring (bicyclic) bond motifs is 1. The Balaban J connectivity index is 2.10. The first-order valence-electron chi connectivity index (χ1n) is 6.70. The molecule has 0 amide bonds. The molecule has 5 heteroatoms. The zero-order valence-corrected chi connectivity index (χ0v) is 11.6. The second-order valence-corrected chi connectivity index (χ2v) is 4.99. The molecular weight excluding hydrogens is 282 g/mol. The fourth-order valence-electron chi connectivity index (χ4n) is 2.54. The Morgan fingerprint density at radius 1 is 0.909 bits per heavy atom. The summed E-state index contributed by atoms with van der Waals surface area (Å²) in [5, 5.41) is 19.3. The molecule has 3 aromatic rings. The summed E-state index contributed by atoms with van der Waals surface area (Å²) in [5.41, 5.74) is 1.91. The van der Waals surface area contributed by atoms with E-state index < -0.39 is 11.9 Å². The molecular formula is C17H13NO4. The van der Waals surface area contributed by atoms with Crippen LogP contribution in [0.15, 0.2) is 54.6 Å². The Labute approximate surface area is 126 Å². The maximum Gasteiger partial charge on any atom is 0.352 e. The number of aromatic nitrogens is 1. The summed E-state index contributed by atoms with van der Waals surface area (Å²) in [6, 6.07) is 15.5. The summed E-state index contributed by atoms with van der Waals surface area (Å²) in [7, 11) is 0. The summed E-state index contributed by atoms with van der Waals surface area (Å²) in [4.78, 5) is 22.5. The largest absolute Gasteiger partial charge is 0.478 e. The van der Waals surface area contributed by atoms with Crippen molar-refractivity contribution in [2.75, 3.05) is 0 Å². The van der Waals surface area contributed by atoms with Crippen molar-refractivity contribution in [2.45, 2.75) is 6.54 Å². The van der Waals surface area contributed by atoms with E-state index >= 15 is 0 Å². The second-order valence-electron chi connectivity index (χ2n) is 4.99. The van der Waals surface area contributed by atoms with Crippen LogP contribution >= 0.6 is 0 Å². The van der Waals surface area contributed by atoms with Gasteiger partial charge in [-0.15, -0.1) is 0 Å². The third-order valence-electron chi connectivity index (χ3n) is 3.54. The monoisotopic (exact) mass is 295 g/mol. The minimum Gasteiger partial charge on any atom is -0.478 e. The Bertz CT molecular complexity index is 879. The van der Waals surface area contributed by atoms with Crippen LogP contribution in [-0.2, 0) is 6.54 Å². The van der Waals surface area contributed by atoms with Crippen LogP contribution in [0.25, 0.3) is 10.9 Å². The van der Waals surface area contributed by atoms with E-state index in [1.807, 2.05) is 24.3 Å². The van der Waals surface area contributed by atoms with E-state index in [4.69, 9.17) is 5.11 Å². The molecule has 0 aliphatic carbocycles. The maximum absolute atomic E-state index is 11.4. The van der Waals surface area contributed by atoms with Crippen molar-refractivity contribution in [2.24, 2.45) is 0 Å². The molecule has 1 heterocycles. The van der Waals surface area contributed by atoms with Crippen LogP contribution < -0.4 is 0 Å². The van der Waals surface area contributed by atoms with Crippen LogP contribution in [0.2, 0.25) is 0 Å². The van der Waals surface area contributed by atoms with Crippen LogP contribution in [0.4, 0.5) is 0 Å². The predicted molar refractivity (Wildman–Crippen MR) is 81.4 cm³/mol. The molecule has 0 unspecified atom stereocenters. The van der Waals surface area contributed by atoms with Crippen molar-refractivity contribution in [3.8, 4) is 0 Å². The van der Waals surface area contributed by atoms with Gasteiger partial charge in [0.25, 0.3) is 0 Å². The van der Waals surface area contributed by atoms with Crippen LogP contribution in [0.1, 0.15) is 26.4 Å². The first-order chi connectivity index (χ1) is 10.6. The minimum atomic E-state index is -1.01. The van der Waals surface area contributed by atoms with Gasteiger partial charge >= 0.3 is 11.9 Å². The quantitative estimate of drug-likeness (QED) is 0.775. The van der Waals surface area contributed by atoms with Gasteiger partial charge in [0, 0.05) is 17.4 Å². The van der Waals surface area contributed by atoms with E-state index in [-0.39, 0.29) is 11.3 Å². The molecule has 0 bridgehead atoms. The van der Waals surface area contributed by atoms with Gasteiger partial charge in [0.15, 0.2) is 0 Å². The molecule has 5 nitrogen and oxygen atoms in total. The number of aromatic carboxylic acids is 2. The van der Waals surface area contributed by atoms with Gasteiger partial charge in [-0.3, -0.25) is 0 Å². The normalized spacial score (nSPS) is 10.7. The lowest BCUT2D eigenvalue weighted by molar-refractivity contribution is 0.0678. The molecule has 0 aliphatic rings. The number of para-hydroxylation sites is 1. The summed E-state index contributed by atoms with van der Waals surface area (Å²) in [6.07, 6.45) is 0. The fourth-order valence-corrected chi connectivity index (χ4v) is 2.54. The van der Waals surface area contributed by atoms with Gasteiger partial charge in [-0.1, -0.05) is 30.3 Å². The second kappa shape index (κ2) is 5.37. The molecule has 0 radical (unpaired) electrons. The number of rotatable bonds is 4. The van der Waals surface area contributed by atoms with E-state index in [0.717, 1.165) is 16.5 Å². The highest BCUT2D eigenvalue weighted by atomic mass is 16.4. The molecule has 22 heavy (non-hydrogen) atoms. The van der Waals surface area contributed by atoms with Gasteiger partial charge in [0.2, 0.25) is 0 Å². The Morgan fingerprint density at radius 3 is 2.41 bits per heavy atom. The molecule has 0 spiro atoms. The highest BCUT2D eigenvalue weighted by Gasteiger charge is 2.15. The third-order valence-corrected chi connectivity index (χ3v) is 3.54. The molecule has 110 valence electrons. The Morgan fingerprint density at radius 2 is 1.68 bits per heavy atom. The third kappa shape index (κ3) is 2.44. The van der Waals surface area contributed by atoms with Crippen molar-refractivity contribution in [3.05, 3.63) is 71.4 Å². The zero-order valence-electron chi connectivity index (χ0n) is 11.6. The van der Waals surface area contributed by atoms with Crippen LogP contribution in [0.3, 0.4) is 0 Å². The van der Waals surface area contributed by atoms with Crippen molar-refractivity contribution in [1.29, 1.82) is 0 Å². The van der Waals surface area contributed by atoms with Gasteiger partial charge in [-0.05, 0) is 29.8 Å². The summed E-state index contributed by atoms with van der Waals surface area (Å²) in [5.74, 6) is -2.01. The molecule has 3 rings (SSSR count). The van der Waals surface area contributed by atoms with E-state index in [1.54, 1.807) is 28.8 Å². The lowest BCUT2D eigenvalue weighted by Gasteiger charge is -2.09. The molecule has 0 atom stereocenters. The lowest BCUT2D eigenvalue weighted by Crippen LogP contribution is -2.09. The Kier molecular flexibility index (Phi) is 3.39. The number of nitrogens with zero attached hydrogens (tertiary/aromatic N) is 1. The minimum absolute atomic E-state index is 0.182. The average Bonchev–Trinajstić information content (AvgIpc) is 2.87. The molecule has 2 N–H and O–H groups in total. The van der Waals surface area contributed by atoms with Crippen LogP contribution in [0.5, 0.6) is 0 Å². The first kappa shape index (κ1) is 13.9. The van der Waals surface area contributed by atoms with Gasteiger partial charge in [0.05, 0.1) is 5.56 Å².